The van der Waals surface area contributed by atoms with Gasteiger partial charge in [-0.25, -0.2) is 4.79 Å². The molecular formula is C50H68ClN4O8P. The number of nitrogens with zero attached hydrogens (tertiary/aromatic N) is 1. The molecule has 0 saturated heterocycles. The minimum absolute atomic E-state index is 0.0287. The van der Waals surface area contributed by atoms with Crippen molar-refractivity contribution in [2.24, 2.45) is 28.5 Å². The molecule has 0 unspecified atom stereocenters. The SMILES string of the molecule is CC(C)C[C@H](CC(=O)[C@@H](CCCN=C(N)CP(C)C)NC(=O)[C@@H](CCCCNC(=O)OC(C)(C)C)CC(=O)OCC1c2ccccc2-c2ccccc21)C(=O)OCc1ccc(Cl)cc1. The topological polar surface area (TPSA) is 175 Å². The van der Waals surface area contributed by atoms with E-state index in [2.05, 4.69) is 41.1 Å². The van der Waals surface area contributed by atoms with E-state index in [9.17, 15) is 24.0 Å². The number of amides is 2. The van der Waals surface area contributed by atoms with Crippen LogP contribution < -0.4 is 16.4 Å². The van der Waals surface area contributed by atoms with Crippen molar-refractivity contribution in [3.63, 3.8) is 0 Å². The van der Waals surface area contributed by atoms with Crippen LogP contribution in [0.4, 0.5) is 4.79 Å². The molecular weight excluding hydrogens is 851 g/mol. The van der Waals surface area contributed by atoms with Crippen LogP contribution in [0.5, 0.6) is 0 Å². The van der Waals surface area contributed by atoms with E-state index in [1.165, 1.54) is 0 Å². The number of alkyl carbamates (subject to hydrolysis) is 1. The predicted octanol–water partition coefficient (Wildman–Crippen LogP) is 9.43. The van der Waals surface area contributed by atoms with Gasteiger partial charge in [0.2, 0.25) is 5.91 Å². The van der Waals surface area contributed by atoms with Crippen LogP contribution in [0.3, 0.4) is 0 Å². The molecule has 0 spiro atoms. The van der Waals surface area contributed by atoms with Crippen molar-refractivity contribution in [3.8, 4) is 11.1 Å². The highest BCUT2D eigenvalue weighted by molar-refractivity contribution is 7.57. The Labute approximate surface area is 386 Å². The van der Waals surface area contributed by atoms with Crippen LogP contribution in [0.1, 0.15) is 109 Å². The molecule has 64 heavy (non-hydrogen) atoms. The Bertz CT molecular complexity index is 2010. The van der Waals surface area contributed by atoms with Crippen LogP contribution in [-0.2, 0) is 40.0 Å². The van der Waals surface area contributed by atoms with Crippen molar-refractivity contribution in [3.05, 3.63) is 94.5 Å². The van der Waals surface area contributed by atoms with Gasteiger partial charge in [0.25, 0.3) is 0 Å². The highest BCUT2D eigenvalue weighted by atomic mass is 35.5. The van der Waals surface area contributed by atoms with E-state index in [0.29, 0.717) is 55.8 Å². The van der Waals surface area contributed by atoms with Gasteiger partial charge in [0, 0.05) is 42.5 Å². The molecule has 4 rings (SSSR count). The molecule has 0 aliphatic heterocycles. The first-order valence-electron chi connectivity index (χ1n) is 22.4. The van der Waals surface area contributed by atoms with Crippen molar-refractivity contribution in [2.75, 3.05) is 39.2 Å². The highest BCUT2D eigenvalue weighted by Crippen LogP contribution is 2.44. The molecule has 12 nitrogen and oxygen atoms in total. The first-order chi connectivity index (χ1) is 30.4. The zero-order valence-corrected chi connectivity index (χ0v) is 40.3. The third-order valence-corrected chi connectivity index (χ3v) is 12.0. The Morgan fingerprint density at radius 1 is 0.828 bits per heavy atom. The van der Waals surface area contributed by atoms with E-state index in [1.807, 2.05) is 50.2 Å². The van der Waals surface area contributed by atoms with Gasteiger partial charge in [-0.15, -0.1) is 7.92 Å². The van der Waals surface area contributed by atoms with Crippen molar-refractivity contribution in [1.82, 2.24) is 10.6 Å². The molecule has 1 aliphatic rings. The van der Waals surface area contributed by atoms with E-state index in [0.717, 1.165) is 27.8 Å². The summed E-state index contributed by atoms with van der Waals surface area (Å²) in [6, 6.07) is 22.2. The molecule has 3 aromatic carbocycles. The number of hydrogen-bond donors (Lipinski definition) is 3. The predicted molar refractivity (Wildman–Crippen MR) is 256 cm³/mol. The Hall–Kier alpha value is -4.80. The summed E-state index contributed by atoms with van der Waals surface area (Å²) in [5, 5.41) is 6.30. The molecule has 348 valence electrons. The average molecular weight is 920 g/mol. The van der Waals surface area contributed by atoms with Crippen LogP contribution in [0.25, 0.3) is 11.1 Å². The lowest BCUT2D eigenvalue weighted by Gasteiger charge is -2.24. The van der Waals surface area contributed by atoms with E-state index in [-0.39, 0.29) is 64.4 Å². The van der Waals surface area contributed by atoms with Crippen LogP contribution in [-0.4, -0.2) is 86.4 Å². The fourth-order valence-corrected chi connectivity index (χ4v) is 8.66. The molecule has 0 radical (unpaired) electrons. The fourth-order valence-electron chi connectivity index (χ4n) is 7.79. The number of hydrogen-bond acceptors (Lipinski definition) is 9. The lowest BCUT2D eigenvalue weighted by molar-refractivity contribution is -0.152. The standard InChI is InChI=1S/C50H68ClN4O8P/c1-33(2)27-36(48(59)62-30-34-21-23-37(51)24-22-34)28-44(56)43(20-14-26-53-45(52)32-64(6)7)55-47(58)35(15-12-13-25-54-49(60)63-50(3,4)5)29-46(57)61-31-42-40-18-10-8-16-38(40)39-17-9-11-19-41(39)42/h8-11,16-19,21-24,33,35-36,42-43H,12-15,20,25-32H2,1-7H3,(H2,52,53)(H,54,60)(H,55,58)/t35-,36+,43+/m0/s1. The minimum Gasteiger partial charge on any atom is -0.465 e. The second kappa shape index (κ2) is 25.6. The summed E-state index contributed by atoms with van der Waals surface area (Å²) in [6.07, 6.45) is 2.21. The fraction of sp³-hybridized carbons (Fsp3) is 0.520. The molecule has 0 heterocycles. The summed E-state index contributed by atoms with van der Waals surface area (Å²) >= 11 is 6.04. The molecule has 2 amide bonds. The number of carbonyl (C=O) groups is 5. The number of carbonyl (C=O) groups excluding carboxylic acids is 5. The lowest BCUT2D eigenvalue weighted by Crippen LogP contribution is -2.45. The van der Waals surface area contributed by atoms with Crippen molar-refractivity contribution in [2.45, 2.75) is 110 Å². The summed E-state index contributed by atoms with van der Waals surface area (Å²) in [6.45, 7) is 14.3. The molecule has 0 bridgehead atoms. The number of Topliss-reactive ketones (excluding diaryl/α,β-unsaturated/α-hetero) is 1. The van der Waals surface area contributed by atoms with Gasteiger partial charge in [0.1, 0.15) is 18.8 Å². The monoisotopic (exact) mass is 918 g/mol. The number of aliphatic imine (C=N–C) groups is 1. The quantitative estimate of drug-likeness (QED) is 0.0187. The highest BCUT2D eigenvalue weighted by Gasteiger charge is 2.33. The first kappa shape index (κ1) is 51.8. The van der Waals surface area contributed by atoms with E-state index >= 15 is 0 Å². The summed E-state index contributed by atoms with van der Waals surface area (Å²) in [7, 11) is -0.281. The number of amidine groups is 1. The van der Waals surface area contributed by atoms with Gasteiger partial charge in [-0.2, -0.15) is 0 Å². The van der Waals surface area contributed by atoms with E-state index in [4.69, 9.17) is 31.5 Å². The van der Waals surface area contributed by atoms with Gasteiger partial charge in [-0.05, 0) is 112 Å². The van der Waals surface area contributed by atoms with Crippen LogP contribution in [0.2, 0.25) is 5.02 Å². The van der Waals surface area contributed by atoms with Gasteiger partial charge in [0.05, 0.1) is 24.2 Å². The minimum atomic E-state index is -0.962. The summed E-state index contributed by atoms with van der Waals surface area (Å²) in [4.78, 5) is 72.6. The molecule has 0 aromatic heterocycles. The summed E-state index contributed by atoms with van der Waals surface area (Å²) in [5.41, 5.74) is 10.6. The Morgan fingerprint density at radius 3 is 2.08 bits per heavy atom. The molecule has 3 aromatic rings. The number of ketones is 1. The molecule has 14 heteroatoms. The van der Waals surface area contributed by atoms with Gasteiger partial charge in [0.15, 0.2) is 5.78 Å². The number of nitrogens with one attached hydrogen (secondary N) is 2. The smallest absolute Gasteiger partial charge is 0.407 e. The maximum absolute atomic E-state index is 14.3. The Morgan fingerprint density at radius 2 is 1.47 bits per heavy atom. The summed E-state index contributed by atoms with van der Waals surface area (Å²) in [5.74, 6) is -2.92. The molecule has 0 fully saturated rings. The summed E-state index contributed by atoms with van der Waals surface area (Å²) < 4.78 is 17.0. The molecule has 3 atom stereocenters. The number of esters is 2. The number of nitrogens with two attached hydrogens (primary N) is 1. The third-order valence-electron chi connectivity index (χ3n) is 10.8. The molecule has 0 saturated carbocycles. The molecule has 1 aliphatic carbocycles. The van der Waals surface area contributed by atoms with Crippen LogP contribution in [0.15, 0.2) is 77.8 Å². The molecule has 4 N–H and O–H groups in total. The number of rotatable bonds is 25. The van der Waals surface area contributed by atoms with Gasteiger partial charge >= 0.3 is 18.0 Å². The number of halogens is 1. The van der Waals surface area contributed by atoms with E-state index in [1.54, 1.807) is 45.0 Å². The number of fused-ring (bicyclic) bond motifs is 3. The number of ether oxygens (including phenoxy) is 3. The van der Waals surface area contributed by atoms with Crippen molar-refractivity contribution >= 4 is 55.1 Å². The van der Waals surface area contributed by atoms with E-state index < -0.39 is 47.4 Å². The zero-order valence-electron chi connectivity index (χ0n) is 38.6. The van der Waals surface area contributed by atoms with Crippen molar-refractivity contribution < 1.29 is 38.2 Å². The Kier molecular flexibility index (Phi) is 20.8. The Balaban J connectivity index is 1.50. The number of benzene rings is 3. The normalized spacial score (nSPS) is 14.0. The van der Waals surface area contributed by atoms with Gasteiger partial charge in [-0.3, -0.25) is 24.2 Å². The third kappa shape index (κ3) is 17.6. The maximum atomic E-state index is 14.3. The van der Waals surface area contributed by atoms with Crippen molar-refractivity contribution in [1.29, 1.82) is 0 Å². The number of unbranched alkanes of at least 4 members (excludes halogenated alkanes) is 1. The maximum Gasteiger partial charge on any atom is 0.407 e. The van der Waals surface area contributed by atoms with Crippen LogP contribution in [0, 0.1) is 17.8 Å². The van der Waals surface area contributed by atoms with Gasteiger partial charge < -0.3 is 30.6 Å². The lowest BCUT2D eigenvalue weighted by atomic mass is 9.89. The second-order valence-electron chi connectivity index (χ2n) is 18.3. The zero-order chi connectivity index (χ0) is 46.8. The largest absolute Gasteiger partial charge is 0.465 e. The average Bonchev–Trinajstić information content (AvgIpc) is 3.55. The second-order valence-corrected chi connectivity index (χ2v) is 21.2. The van der Waals surface area contributed by atoms with Crippen LogP contribution >= 0.6 is 19.5 Å². The van der Waals surface area contributed by atoms with Gasteiger partial charge in [-0.1, -0.05) is 92.5 Å². The first-order valence-corrected chi connectivity index (χ1v) is 25.2.